The van der Waals surface area contributed by atoms with Gasteiger partial charge in [-0.15, -0.1) is 0 Å². The number of β-amino-alcohol motifs (C(OH)–C–C–N with tert-alkyl or cyclic N) is 1. The van der Waals surface area contributed by atoms with Gasteiger partial charge in [-0.1, -0.05) is 41.9 Å². The number of aromatic nitrogens is 3. The van der Waals surface area contributed by atoms with Gasteiger partial charge in [0, 0.05) is 74.1 Å². The van der Waals surface area contributed by atoms with E-state index in [0.29, 0.717) is 48.4 Å². The van der Waals surface area contributed by atoms with Crippen LogP contribution in [0.1, 0.15) is 51.8 Å². The number of benzene rings is 3. The number of aliphatic hydroxyl groups is 1. The van der Waals surface area contributed by atoms with Crippen molar-refractivity contribution in [3.05, 3.63) is 123 Å². The molecule has 5 aromatic rings. The highest BCUT2D eigenvalue weighted by Gasteiger charge is 2.20. The molecule has 264 valence electrons. The van der Waals surface area contributed by atoms with Crippen LogP contribution in [0.3, 0.4) is 0 Å². The zero-order chi connectivity index (χ0) is 35.6. The summed E-state index contributed by atoms with van der Waals surface area (Å²) in [5, 5.41) is 29.8. The maximum atomic E-state index is 9.79. The number of aliphatic hydroxyl groups excluding tert-OH is 1. The fourth-order valence-electron chi connectivity index (χ4n) is 6.30. The number of pyridine rings is 1. The fraction of sp³-hybridized carbons (Fsp3) is 0.325. The molecule has 0 spiro atoms. The van der Waals surface area contributed by atoms with Crippen molar-refractivity contribution >= 4 is 11.6 Å². The Hall–Kier alpha value is -4.92. The van der Waals surface area contributed by atoms with Crippen molar-refractivity contribution in [1.82, 2.24) is 25.4 Å². The molecule has 10 nitrogen and oxygen atoms in total. The molecule has 3 N–H and O–H groups in total. The number of nitriles is 1. The number of nitrogens with zero attached hydrogens (tertiary/aromatic N) is 4. The molecule has 0 bridgehead atoms. The van der Waals surface area contributed by atoms with E-state index < -0.39 is 0 Å². The summed E-state index contributed by atoms with van der Waals surface area (Å²) in [7, 11) is 0. The number of rotatable bonds is 16. The van der Waals surface area contributed by atoms with Crippen molar-refractivity contribution in [2.75, 3.05) is 26.2 Å². The molecule has 1 saturated heterocycles. The summed E-state index contributed by atoms with van der Waals surface area (Å²) in [6.45, 7) is 9.12. The zero-order valence-corrected chi connectivity index (χ0v) is 29.7. The van der Waals surface area contributed by atoms with Gasteiger partial charge in [0.25, 0.3) is 0 Å². The summed E-state index contributed by atoms with van der Waals surface area (Å²) in [5.74, 6) is 2.00. The van der Waals surface area contributed by atoms with Gasteiger partial charge < -0.3 is 29.5 Å². The molecule has 1 atom stereocenters. The number of nitrogens with one attached hydrogen (secondary N) is 2. The average Bonchev–Trinajstić information content (AvgIpc) is 3.82. The van der Waals surface area contributed by atoms with Crippen LogP contribution in [0.5, 0.6) is 17.2 Å². The lowest BCUT2D eigenvalue weighted by atomic mass is 9.93. The maximum Gasteiger partial charge on any atom is 0.142 e. The summed E-state index contributed by atoms with van der Waals surface area (Å²) < 4.78 is 18.9. The van der Waals surface area contributed by atoms with Crippen LogP contribution in [0.2, 0.25) is 5.02 Å². The SMILES string of the molecule is Cc1c(COc2cc(OCc3cncc(C#N)c3)c(CNCc3cn[nH]c3)cc2Cl)cccc1-c1cccc(OCCCN2CCC(O)C2)c1C. The van der Waals surface area contributed by atoms with E-state index in [-0.39, 0.29) is 12.7 Å². The molecule has 6 rings (SSSR count). The first-order valence-corrected chi connectivity index (χ1v) is 17.6. The summed E-state index contributed by atoms with van der Waals surface area (Å²) in [6.07, 6.45) is 8.39. The van der Waals surface area contributed by atoms with Crippen molar-refractivity contribution in [2.45, 2.75) is 59.1 Å². The van der Waals surface area contributed by atoms with Gasteiger partial charge >= 0.3 is 0 Å². The Kier molecular flexibility index (Phi) is 12.2. The van der Waals surface area contributed by atoms with Gasteiger partial charge in [-0.05, 0) is 72.7 Å². The maximum absolute atomic E-state index is 9.79. The van der Waals surface area contributed by atoms with Crippen molar-refractivity contribution in [3.63, 3.8) is 0 Å². The molecular formula is C40H43ClN6O4. The lowest BCUT2D eigenvalue weighted by Crippen LogP contribution is -2.24. The highest BCUT2D eigenvalue weighted by Crippen LogP contribution is 2.36. The average molecular weight is 707 g/mol. The van der Waals surface area contributed by atoms with Crippen molar-refractivity contribution in [3.8, 4) is 34.4 Å². The largest absolute Gasteiger partial charge is 0.493 e. The first-order chi connectivity index (χ1) is 24.9. The van der Waals surface area contributed by atoms with E-state index >= 15 is 0 Å². The highest BCUT2D eigenvalue weighted by atomic mass is 35.5. The van der Waals surface area contributed by atoms with E-state index in [9.17, 15) is 10.4 Å². The van der Waals surface area contributed by atoms with Gasteiger partial charge in [-0.2, -0.15) is 10.4 Å². The van der Waals surface area contributed by atoms with Crippen molar-refractivity contribution < 1.29 is 19.3 Å². The summed E-state index contributed by atoms with van der Waals surface area (Å²) in [4.78, 5) is 6.45. The first kappa shape index (κ1) is 35.9. The Balaban J connectivity index is 1.15. The van der Waals surface area contributed by atoms with Gasteiger partial charge in [0.15, 0.2) is 0 Å². The lowest BCUT2D eigenvalue weighted by Gasteiger charge is -2.19. The third-order valence-electron chi connectivity index (χ3n) is 9.16. The molecule has 0 saturated carbocycles. The van der Waals surface area contributed by atoms with Gasteiger partial charge in [-0.3, -0.25) is 10.1 Å². The lowest BCUT2D eigenvalue weighted by molar-refractivity contribution is 0.173. The fourth-order valence-corrected chi connectivity index (χ4v) is 6.54. The second kappa shape index (κ2) is 17.3. The molecule has 11 heteroatoms. The second-order valence-electron chi connectivity index (χ2n) is 12.8. The summed E-state index contributed by atoms with van der Waals surface area (Å²) in [6, 6.07) is 20.0. The molecule has 3 aromatic carbocycles. The summed E-state index contributed by atoms with van der Waals surface area (Å²) >= 11 is 6.81. The Morgan fingerprint density at radius 2 is 1.75 bits per heavy atom. The Bertz CT molecular complexity index is 1960. The molecule has 51 heavy (non-hydrogen) atoms. The smallest absolute Gasteiger partial charge is 0.142 e. The van der Waals surface area contributed by atoms with Crippen LogP contribution >= 0.6 is 11.6 Å². The molecule has 1 fully saturated rings. The number of aromatic amines is 1. The number of ether oxygens (including phenoxy) is 3. The predicted molar refractivity (Wildman–Crippen MR) is 197 cm³/mol. The van der Waals surface area contributed by atoms with Gasteiger partial charge in [0.2, 0.25) is 0 Å². The van der Waals surface area contributed by atoms with Crippen LogP contribution in [-0.2, 0) is 26.3 Å². The van der Waals surface area contributed by atoms with Crippen molar-refractivity contribution in [1.29, 1.82) is 5.26 Å². The molecular weight excluding hydrogens is 664 g/mol. The number of likely N-dealkylation sites (tertiary alicyclic amines) is 1. The Labute approximate surface area is 304 Å². The minimum absolute atomic E-state index is 0.201. The Morgan fingerprint density at radius 3 is 2.53 bits per heavy atom. The van der Waals surface area contributed by atoms with Crippen LogP contribution in [0.15, 0.2) is 79.4 Å². The van der Waals surface area contributed by atoms with Gasteiger partial charge in [-0.25, -0.2) is 0 Å². The van der Waals surface area contributed by atoms with Crippen LogP contribution in [0.4, 0.5) is 0 Å². The third-order valence-corrected chi connectivity index (χ3v) is 9.46. The molecule has 1 aliphatic heterocycles. The number of H-pyrrole nitrogens is 1. The molecule has 0 amide bonds. The van der Waals surface area contributed by atoms with Crippen LogP contribution in [-0.4, -0.2) is 57.5 Å². The first-order valence-electron chi connectivity index (χ1n) is 17.2. The van der Waals surface area contributed by atoms with Crippen LogP contribution in [0.25, 0.3) is 11.1 Å². The number of hydrogen-bond acceptors (Lipinski definition) is 9. The van der Waals surface area contributed by atoms with E-state index in [2.05, 4.69) is 63.5 Å². The minimum atomic E-state index is -0.201. The zero-order valence-electron chi connectivity index (χ0n) is 29.0. The number of hydrogen-bond donors (Lipinski definition) is 3. The standard InChI is InChI=1S/C40H43ClN6O4/c1-27-32(6-3-7-35(27)36-8-4-9-38(28(36)2)49-13-5-11-47-12-10-34(48)24-47)26-51-40-16-39(50-25-30-14-29(17-42)18-43-19-30)33(15-37(40)41)23-44-20-31-21-45-46-22-31/h3-4,6-9,14-16,18-19,21-22,34,44,48H,5,10-13,20,23-26H2,1-2H3,(H,45,46). The molecule has 0 aliphatic carbocycles. The normalized spacial score (nSPS) is 14.4. The quantitative estimate of drug-likeness (QED) is 0.0939. The summed E-state index contributed by atoms with van der Waals surface area (Å²) in [5.41, 5.74) is 8.63. The van der Waals surface area contributed by atoms with Crippen LogP contribution < -0.4 is 19.5 Å². The Morgan fingerprint density at radius 1 is 0.922 bits per heavy atom. The van der Waals surface area contributed by atoms with E-state index in [1.165, 1.54) is 6.20 Å². The van der Waals surface area contributed by atoms with E-state index in [1.807, 2.05) is 36.5 Å². The predicted octanol–water partition coefficient (Wildman–Crippen LogP) is 6.90. The topological polar surface area (TPSA) is 129 Å². The minimum Gasteiger partial charge on any atom is -0.493 e. The van der Waals surface area contributed by atoms with Crippen molar-refractivity contribution in [2.24, 2.45) is 0 Å². The highest BCUT2D eigenvalue weighted by molar-refractivity contribution is 6.32. The molecule has 0 radical (unpaired) electrons. The van der Waals surface area contributed by atoms with Gasteiger partial charge in [0.05, 0.1) is 29.5 Å². The molecule has 2 aromatic heterocycles. The van der Waals surface area contributed by atoms with E-state index in [0.717, 1.165) is 82.7 Å². The third kappa shape index (κ3) is 9.45. The van der Waals surface area contributed by atoms with E-state index in [4.69, 9.17) is 25.8 Å². The van der Waals surface area contributed by atoms with E-state index in [1.54, 1.807) is 18.5 Å². The van der Waals surface area contributed by atoms with Gasteiger partial charge in [0.1, 0.15) is 36.5 Å². The molecule has 3 heterocycles. The molecule has 1 aliphatic rings. The van der Waals surface area contributed by atoms with Crippen LogP contribution in [0, 0.1) is 25.2 Å². The molecule has 1 unspecified atom stereocenters. The monoisotopic (exact) mass is 706 g/mol. The second-order valence-corrected chi connectivity index (χ2v) is 13.2. The number of halogens is 1.